The van der Waals surface area contributed by atoms with E-state index in [0.717, 1.165) is 24.2 Å². The van der Waals surface area contributed by atoms with Crippen molar-refractivity contribution in [3.8, 4) is 11.5 Å². The third-order valence-electron chi connectivity index (χ3n) is 7.06. The maximum Gasteiger partial charge on any atom is 0.197 e. The first-order valence-corrected chi connectivity index (χ1v) is 8.80. The molecule has 2 heterocycles. The van der Waals surface area contributed by atoms with Gasteiger partial charge in [-0.2, -0.15) is 0 Å². The zero-order valence-corrected chi connectivity index (χ0v) is 14.2. The van der Waals surface area contributed by atoms with Crippen LogP contribution in [0.1, 0.15) is 17.5 Å². The molecule has 1 aromatic carbocycles. The van der Waals surface area contributed by atoms with Gasteiger partial charge in [-0.1, -0.05) is 12.6 Å². The van der Waals surface area contributed by atoms with Crippen molar-refractivity contribution in [3.63, 3.8) is 0 Å². The largest absolute Gasteiger partial charge is 0.504 e. The molecule has 25 heavy (non-hydrogen) atoms. The molecule has 1 saturated heterocycles. The van der Waals surface area contributed by atoms with E-state index in [-0.39, 0.29) is 17.6 Å². The van der Waals surface area contributed by atoms with Crippen LogP contribution in [0.3, 0.4) is 0 Å². The second kappa shape index (κ2) is 4.34. The molecule has 0 aromatic heterocycles. The third-order valence-corrected chi connectivity index (χ3v) is 7.06. The summed E-state index contributed by atoms with van der Waals surface area (Å²) in [5.41, 5.74) is -0.0578. The number of carbonyl (C=O) groups is 1. The number of nitrogens with zero attached hydrogens (tertiary/aromatic N) is 1. The second-order valence-corrected chi connectivity index (χ2v) is 8.12. The maximum atomic E-state index is 12.6. The lowest BCUT2D eigenvalue weighted by Crippen LogP contribution is -2.79. The van der Waals surface area contributed by atoms with Gasteiger partial charge in [0.1, 0.15) is 11.6 Å². The summed E-state index contributed by atoms with van der Waals surface area (Å²) in [5.74, 6) is 0.299. The van der Waals surface area contributed by atoms with Crippen LogP contribution in [0.5, 0.6) is 11.5 Å². The number of hydrogen-bond donors (Lipinski definition) is 2. The van der Waals surface area contributed by atoms with Gasteiger partial charge in [0.25, 0.3) is 0 Å². The van der Waals surface area contributed by atoms with Crippen LogP contribution in [0.2, 0.25) is 0 Å². The maximum absolute atomic E-state index is 12.6. The Morgan fingerprint density at radius 1 is 1.48 bits per heavy atom. The minimum absolute atomic E-state index is 0.0463. The van der Waals surface area contributed by atoms with Crippen molar-refractivity contribution in [1.82, 2.24) is 0 Å². The number of phenols is 1. The van der Waals surface area contributed by atoms with Crippen molar-refractivity contribution in [1.29, 1.82) is 0 Å². The lowest BCUT2D eigenvalue weighted by Gasteiger charge is -2.62. The van der Waals surface area contributed by atoms with Crippen molar-refractivity contribution in [2.45, 2.75) is 36.0 Å². The molecule has 2 bridgehead atoms. The van der Waals surface area contributed by atoms with E-state index in [1.807, 2.05) is 12.1 Å². The van der Waals surface area contributed by atoms with Crippen LogP contribution in [0.4, 0.5) is 0 Å². The lowest BCUT2D eigenvalue weighted by atomic mass is 9.50. The van der Waals surface area contributed by atoms with Gasteiger partial charge < -0.3 is 19.4 Å². The fraction of sp³-hybridized carbons (Fsp3) is 0.450. The Hall–Kier alpha value is -2.11. The number of hydrogen-bond acceptors (Lipinski definition) is 4. The molecule has 4 aliphatic rings. The molecule has 5 heteroatoms. The van der Waals surface area contributed by atoms with Crippen LogP contribution in [-0.2, 0) is 16.6 Å². The van der Waals surface area contributed by atoms with Crippen LogP contribution < -0.4 is 4.74 Å². The summed E-state index contributed by atoms with van der Waals surface area (Å²) in [5, 5.41) is 22.2. The minimum atomic E-state index is -1.17. The van der Waals surface area contributed by atoms with E-state index in [9.17, 15) is 15.0 Å². The van der Waals surface area contributed by atoms with E-state index in [1.165, 1.54) is 6.08 Å². The minimum Gasteiger partial charge on any atom is -0.504 e. The van der Waals surface area contributed by atoms with Gasteiger partial charge in [-0.05, 0) is 29.9 Å². The van der Waals surface area contributed by atoms with Gasteiger partial charge in [0.05, 0.1) is 25.6 Å². The Morgan fingerprint density at radius 3 is 3.04 bits per heavy atom. The normalized spacial score (nSPS) is 42.7. The molecule has 0 radical (unpaired) electrons. The monoisotopic (exact) mass is 340 g/mol. The van der Waals surface area contributed by atoms with E-state index in [2.05, 4.69) is 13.6 Å². The Kier molecular flexibility index (Phi) is 2.64. The number of ketones is 1. The number of quaternary nitrogens is 1. The summed E-state index contributed by atoms with van der Waals surface area (Å²) in [7, 11) is 2.15. The summed E-state index contributed by atoms with van der Waals surface area (Å²) >= 11 is 0. The van der Waals surface area contributed by atoms with Crippen molar-refractivity contribution < 1.29 is 24.2 Å². The number of rotatable bonds is 2. The molecular weight excluding hydrogens is 318 g/mol. The number of likely N-dealkylation sites (tertiary alicyclic amines) is 1. The molecule has 0 amide bonds. The zero-order valence-electron chi connectivity index (χ0n) is 14.2. The van der Waals surface area contributed by atoms with Crippen molar-refractivity contribution in [2.24, 2.45) is 0 Å². The van der Waals surface area contributed by atoms with Crippen LogP contribution in [0.25, 0.3) is 0 Å². The number of aromatic hydroxyl groups is 1. The number of piperidine rings is 1. The van der Waals surface area contributed by atoms with E-state index in [0.29, 0.717) is 23.1 Å². The van der Waals surface area contributed by atoms with E-state index in [1.54, 1.807) is 12.1 Å². The topological polar surface area (TPSA) is 66.8 Å². The van der Waals surface area contributed by atoms with Gasteiger partial charge in [0.2, 0.25) is 0 Å². The SMILES string of the molecule is C=CC[N+]1(C)CCC23c4c5ccc(O)c4O[C@H]2C(=O)C=C[C@@]3(O)C1C5. The van der Waals surface area contributed by atoms with Crippen molar-refractivity contribution >= 4 is 5.78 Å². The lowest BCUT2D eigenvalue weighted by molar-refractivity contribution is -0.942. The average molecular weight is 340 g/mol. The number of aliphatic hydroxyl groups is 1. The molecule has 5 atom stereocenters. The van der Waals surface area contributed by atoms with Gasteiger partial charge in [-0.25, -0.2) is 0 Å². The molecule has 3 unspecified atom stereocenters. The van der Waals surface area contributed by atoms with Crippen molar-refractivity contribution in [3.05, 3.63) is 48.1 Å². The first-order chi connectivity index (χ1) is 11.9. The summed E-state index contributed by atoms with van der Waals surface area (Å²) in [6.45, 7) is 5.49. The van der Waals surface area contributed by atoms with Gasteiger partial charge in [-0.3, -0.25) is 4.79 Å². The smallest absolute Gasteiger partial charge is 0.197 e. The quantitative estimate of drug-likeness (QED) is 0.628. The predicted molar refractivity (Wildman–Crippen MR) is 91.5 cm³/mol. The average Bonchev–Trinajstić information content (AvgIpc) is 2.93. The number of benzene rings is 1. The Morgan fingerprint density at radius 2 is 2.28 bits per heavy atom. The summed E-state index contributed by atoms with van der Waals surface area (Å²) in [4.78, 5) is 12.6. The predicted octanol–water partition coefficient (Wildman–Crippen LogP) is 1.22. The number of carbonyl (C=O) groups excluding carboxylic acids is 1. The summed E-state index contributed by atoms with van der Waals surface area (Å²) < 4.78 is 6.66. The Bertz CT molecular complexity index is 861. The van der Waals surface area contributed by atoms with Gasteiger partial charge in [-0.15, -0.1) is 0 Å². The fourth-order valence-corrected chi connectivity index (χ4v) is 5.92. The molecule has 5 rings (SSSR count). The van der Waals surface area contributed by atoms with Crippen LogP contribution >= 0.6 is 0 Å². The summed E-state index contributed by atoms with van der Waals surface area (Å²) in [6, 6.07) is 3.47. The van der Waals surface area contributed by atoms with Crippen LogP contribution in [0.15, 0.2) is 36.9 Å². The first kappa shape index (κ1) is 15.2. The van der Waals surface area contributed by atoms with Crippen LogP contribution in [0, 0.1) is 0 Å². The molecule has 130 valence electrons. The van der Waals surface area contributed by atoms with E-state index < -0.39 is 17.1 Å². The zero-order chi connectivity index (χ0) is 17.6. The number of phenolic OH excluding ortho intramolecular Hbond substituents is 1. The van der Waals surface area contributed by atoms with Gasteiger partial charge in [0, 0.05) is 18.4 Å². The Balaban J connectivity index is 1.85. The highest BCUT2D eigenvalue weighted by atomic mass is 16.5. The highest BCUT2D eigenvalue weighted by molar-refractivity contribution is 5.98. The molecule has 2 aliphatic heterocycles. The Labute approximate surface area is 146 Å². The van der Waals surface area contributed by atoms with E-state index >= 15 is 0 Å². The highest BCUT2D eigenvalue weighted by Crippen LogP contribution is 2.64. The fourth-order valence-electron chi connectivity index (χ4n) is 5.92. The number of ether oxygens (including phenoxy) is 1. The molecule has 2 aliphatic carbocycles. The van der Waals surface area contributed by atoms with Gasteiger partial charge >= 0.3 is 0 Å². The molecule has 0 saturated carbocycles. The molecule has 1 spiro atoms. The van der Waals surface area contributed by atoms with Gasteiger partial charge in [0.15, 0.2) is 23.4 Å². The highest BCUT2D eigenvalue weighted by Gasteiger charge is 2.75. The van der Waals surface area contributed by atoms with E-state index in [4.69, 9.17) is 4.74 Å². The molecular formula is C20H22NO4+. The molecule has 1 fully saturated rings. The molecule has 5 nitrogen and oxygen atoms in total. The number of likely N-dealkylation sites (N-methyl/N-ethyl adjacent to an activating group) is 1. The second-order valence-electron chi connectivity index (χ2n) is 8.12. The van der Waals surface area contributed by atoms with Crippen LogP contribution in [-0.4, -0.2) is 58.4 Å². The molecule has 2 N–H and O–H groups in total. The van der Waals surface area contributed by atoms with Crippen molar-refractivity contribution in [2.75, 3.05) is 20.1 Å². The molecule has 1 aromatic rings. The first-order valence-electron chi connectivity index (χ1n) is 8.80. The standard InChI is InChI=1S/C20H21NO4/c1-3-9-21(2)10-8-19-16-12-4-5-13(22)17(16)25-18(19)14(23)6-7-20(19,24)15(21)11-12/h3-7,15,18,24H,1,8-11H2,2H3/p+1/t15?,18-,19?,20+,21?/m0/s1. The summed E-state index contributed by atoms with van der Waals surface area (Å²) in [6.07, 6.45) is 5.62. The third kappa shape index (κ3) is 1.46.